The van der Waals surface area contributed by atoms with Crippen molar-refractivity contribution in [2.45, 2.75) is 57.9 Å². The third-order valence-corrected chi connectivity index (χ3v) is 11.5. The van der Waals surface area contributed by atoms with Crippen LogP contribution in [-0.2, 0) is 9.16 Å². The summed E-state index contributed by atoms with van der Waals surface area (Å²) in [7, 11) is -0.741. The van der Waals surface area contributed by atoms with Crippen molar-refractivity contribution < 1.29 is 9.16 Å². The maximum atomic E-state index is 7.13. The first-order valence-electron chi connectivity index (χ1n) is 12.1. The molecule has 3 aromatic rings. The summed E-state index contributed by atoms with van der Waals surface area (Å²) < 4.78 is 12.5. The number of methoxy groups -OCH3 is 1. The fourth-order valence-corrected chi connectivity index (χ4v) is 9.40. The molecular weight excluding hydrogens is 422 g/mol. The van der Waals surface area contributed by atoms with Crippen LogP contribution in [0.15, 0.2) is 78.9 Å². The fourth-order valence-electron chi connectivity index (χ4n) is 4.82. The number of hydrogen-bond donors (Lipinski definition) is 0. The van der Waals surface area contributed by atoms with Gasteiger partial charge in [0.25, 0.3) is 8.32 Å². The summed E-state index contributed by atoms with van der Waals surface area (Å²) >= 11 is 0. The van der Waals surface area contributed by atoms with Crippen molar-refractivity contribution in [3.05, 3.63) is 90.3 Å². The lowest BCUT2D eigenvalue weighted by Crippen LogP contribution is -2.66. The summed E-state index contributed by atoms with van der Waals surface area (Å²) in [6.07, 6.45) is 3.02. The van der Waals surface area contributed by atoms with E-state index >= 15 is 0 Å². The zero-order valence-electron chi connectivity index (χ0n) is 20.9. The van der Waals surface area contributed by atoms with Crippen LogP contribution in [0.2, 0.25) is 5.04 Å². The number of rotatable bonds is 11. The number of hydrogen-bond acceptors (Lipinski definition) is 3. The third kappa shape index (κ3) is 6.20. The Labute approximate surface area is 201 Å². The van der Waals surface area contributed by atoms with E-state index in [0.717, 1.165) is 37.3 Å². The Morgan fingerprint density at radius 2 is 1.39 bits per heavy atom. The summed E-state index contributed by atoms with van der Waals surface area (Å²) in [5.41, 5.74) is 2.23. The Bertz CT molecular complexity index is 930. The molecule has 176 valence electrons. The zero-order valence-corrected chi connectivity index (χ0v) is 21.9. The normalized spacial score (nSPS) is 13.1. The van der Waals surface area contributed by atoms with Crippen molar-refractivity contribution in [2.24, 2.45) is 0 Å². The summed E-state index contributed by atoms with van der Waals surface area (Å²) in [5, 5.41) is 2.64. The molecule has 1 atom stereocenters. The highest BCUT2D eigenvalue weighted by molar-refractivity contribution is 6.99. The number of benzene rings is 2. The predicted octanol–water partition coefficient (Wildman–Crippen LogP) is 5.87. The Kier molecular flexibility index (Phi) is 9.01. The molecule has 0 bridgehead atoms. The van der Waals surface area contributed by atoms with Crippen LogP contribution >= 0.6 is 0 Å². The van der Waals surface area contributed by atoms with Crippen LogP contribution in [0.1, 0.15) is 57.3 Å². The maximum absolute atomic E-state index is 7.13. The van der Waals surface area contributed by atoms with E-state index in [2.05, 4.69) is 107 Å². The Hall–Kier alpha value is -2.27. The van der Waals surface area contributed by atoms with Gasteiger partial charge in [-0.1, -0.05) is 87.5 Å². The Morgan fingerprint density at radius 1 is 0.788 bits per heavy atom. The minimum absolute atomic E-state index is 0.0111. The lowest BCUT2D eigenvalue weighted by Gasteiger charge is -2.43. The smallest absolute Gasteiger partial charge is 0.261 e. The topological polar surface area (TPSA) is 31.4 Å². The van der Waals surface area contributed by atoms with E-state index in [1.165, 1.54) is 10.4 Å². The van der Waals surface area contributed by atoms with Crippen LogP contribution in [0.3, 0.4) is 0 Å². The van der Waals surface area contributed by atoms with Gasteiger partial charge in [0.05, 0.1) is 0 Å². The number of aryl methyl sites for hydroxylation is 1. The van der Waals surface area contributed by atoms with Gasteiger partial charge in [0.2, 0.25) is 0 Å². The lowest BCUT2D eigenvalue weighted by molar-refractivity contribution is 0.187. The molecule has 0 saturated carbocycles. The molecule has 1 unspecified atom stereocenters. The van der Waals surface area contributed by atoms with Crippen LogP contribution in [0.4, 0.5) is 0 Å². The quantitative estimate of drug-likeness (QED) is 0.264. The van der Waals surface area contributed by atoms with Gasteiger partial charge in [0.1, 0.15) is 0 Å². The van der Waals surface area contributed by atoms with Gasteiger partial charge in [-0.3, -0.25) is 4.98 Å². The van der Waals surface area contributed by atoms with Gasteiger partial charge in [0, 0.05) is 37.6 Å². The van der Waals surface area contributed by atoms with E-state index in [1.807, 2.05) is 0 Å². The Morgan fingerprint density at radius 3 is 1.91 bits per heavy atom. The van der Waals surface area contributed by atoms with Crippen molar-refractivity contribution >= 4 is 18.7 Å². The fraction of sp³-hybridized carbons (Fsp3) is 0.414. The number of ether oxygens (including phenoxy) is 1. The number of aromatic nitrogens is 1. The highest BCUT2D eigenvalue weighted by Crippen LogP contribution is 2.37. The van der Waals surface area contributed by atoms with Crippen LogP contribution in [0.5, 0.6) is 0 Å². The van der Waals surface area contributed by atoms with Crippen molar-refractivity contribution in [1.29, 1.82) is 0 Å². The standard InChI is InChI=1S/C29H39NO2Si/c1-24-14-12-20-28(30-24)25(15-13-22-31-5)21-23-32-33(29(2,3)4,26-16-8-6-9-17-26)27-18-10-7-11-19-27/h6-12,14,16-20,25H,13,15,21-23H2,1-5H3. The van der Waals surface area contributed by atoms with Crippen LogP contribution in [0.25, 0.3) is 0 Å². The molecule has 3 nitrogen and oxygen atoms in total. The molecule has 0 radical (unpaired) electrons. The van der Waals surface area contributed by atoms with Crippen LogP contribution in [0, 0.1) is 6.92 Å². The van der Waals surface area contributed by atoms with Gasteiger partial charge in [0.15, 0.2) is 0 Å². The van der Waals surface area contributed by atoms with Gasteiger partial charge < -0.3 is 9.16 Å². The van der Waals surface area contributed by atoms with E-state index < -0.39 is 8.32 Å². The summed E-state index contributed by atoms with van der Waals surface area (Å²) in [5.74, 6) is 0.360. The maximum Gasteiger partial charge on any atom is 0.261 e. The molecule has 0 aliphatic heterocycles. The molecule has 1 heterocycles. The van der Waals surface area contributed by atoms with Crippen molar-refractivity contribution in [3.63, 3.8) is 0 Å². The zero-order chi connectivity index (χ0) is 23.7. The first kappa shape index (κ1) is 25.4. The highest BCUT2D eigenvalue weighted by Gasteiger charge is 2.50. The van der Waals surface area contributed by atoms with Crippen LogP contribution in [-0.4, -0.2) is 33.6 Å². The summed E-state index contributed by atoms with van der Waals surface area (Å²) in [6.45, 7) is 10.5. The van der Waals surface area contributed by atoms with Crippen molar-refractivity contribution in [3.8, 4) is 0 Å². The van der Waals surface area contributed by atoms with E-state index in [1.54, 1.807) is 7.11 Å². The molecule has 0 spiro atoms. The second-order valence-corrected chi connectivity index (χ2v) is 14.1. The van der Waals surface area contributed by atoms with E-state index in [0.29, 0.717) is 12.5 Å². The van der Waals surface area contributed by atoms with Crippen molar-refractivity contribution in [1.82, 2.24) is 4.98 Å². The van der Waals surface area contributed by atoms with E-state index in [9.17, 15) is 0 Å². The average Bonchev–Trinajstić information content (AvgIpc) is 2.81. The molecule has 0 fully saturated rings. The van der Waals surface area contributed by atoms with Gasteiger partial charge in [-0.2, -0.15) is 0 Å². The molecular formula is C29H39NO2Si. The molecule has 4 heteroatoms. The second kappa shape index (κ2) is 11.7. The molecule has 0 saturated heterocycles. The second-order valence-electron chi connectivity index (χ2n) is 9.84. The van der Waals surface area contributed by atoms with Gasteiger partial charge >= 0.3 is 0 Å². The molecule has 33 heavy (non-hydrogen) atoms. The molecule has 0 aliphatic rings. The van der Waals surface area contributed by atoms with Gasteiger partial charge in [-0.25, -0.2) is 0 Å². The predicted molar refractivity (Wildman–Crippen MR) is 141 cm³/mol. The van der Waals surface area contributed by atoms with E-state index in [4.69, 9.17) is 14.1 Å². The first-order chi connectivity index (χ1) is 15.9. The van der Waals surface area contributed by atoms with Crippen LogP contribution < -0.4 is 10.4 Å². The summed E-state index contributed by atoms with van der Waals surface area (Å²) in [4.78, 5) is 4.85. The van der Waals surface area contributed by atoms with Gasteiger partial charge in [-0.05, 0) is 53.7 Å². The first-order valence-corrected chi connectivity index (χ1v) is 14.0. The molecule has 0 N–H and O–H groups in total. The van der Waals surface area contributed by atoms with Crippen molar-refractivity contribution in [2.75, 3.05) is 20.3 Å². The molecule has 0 amide bonds. The molecule has 0 aliphatic carbocycles. The van der Waals surface area contributed by atoms with Gasteiger partial charge in [-0.15, -0.1) is 0 Å². The molecule has 1 aromatic heterocycles. The monoisotopic (exact) mass is 461 g/mol. The summed E-state index contributed by atoms with van der Waals surface area (Å²) in [6, 6.07) is 28.1. The third-order valence-electron chi connectivity index (χ3n) is 6.43. The number of pyridine rings is 1. The Balaban J connectivity index is 1.91. The van der Waals surface area contributed by atoms with E-state index in [-0.39, 0.29) is 5.04 Å². The molecule has 2 aromatic carbocycles. The minimum Gasteiger partial charge on any atom is -0.407 e. The SMILES string of the molecule is COCCCC(CCO[Si](c1ccccc1)(c1ccccc1)C(C)(C)C)c1cccc(C)n1. The average molecular weight is 462 g/mol. The largest absolute Gasteiger partial charge is 0.407 e. The molecule has 3 rings (SSSR count). The highest BCUT2D eigenvalue weighted by atomic mass is 28.4. The lowest BCUT2D eigenvalue weighted by atomic mass is 9.95. The minimum atomic E-state index is -2.51. The number of nitrogens with zero attached hydrogens (tertiary/aromatic N) is 1.